The van der Waals surface area contributed by atoms with Crippen molar-refractivity contribution in [1.29, 1.82) is 0 Å². The number of phenols is 1. The molecule has 0 spiro atoms. The van der Waals surface area contributed by atoms with Gasteiger partial charge in [0, 0.05) is 43.0 Å². The number of fused-ring (bicyclic) bond motifs is 2. The summed E-state index contributed by atoms with van der Waals surface area (Å²) in [7, 11) is 1.81. The van der Waals surface area contributed by atoms with Gasteiger partial charge in [-0.05, 0) is 49.8 Å². The van der Waals surface area contributed by atoms with E-state index in [4.69, 9.17) is 0 Å². The molecule has 3 aliphatic rings. The zero-order valence-corrected chi connectivity index (χ0v) is 19.2. The van der Waals surface area contributed by atoms with Crippen molar-refractivity contribution in [2.45, 2.75) is 62.4 Å². The van der Waals surface area contributed by atoms with Crippen molar-refractivity contribution in [3.63, 3.8) is 0 Å². The number of anilines is 1. The van der Waals surface area contributed by atoms with Gasteiger partial charge in [-0.1, -0.05) is 6.07 Å². The molecule has 3 aromatic rings. The fourth-order valence-corrected chi connectivity index (χ4v) is 5.72. The van der Waals surface area contributed by atoms with Gasteiger partial charge >= 0.3 is 6.18 Å². The third kappa shape index (κ3) is 4.11. The first-order chi connectivity index (χ1) is 16.8. The summed E-state index contributed by atoms with van der Waals surface area (Å²) in [6.07, 6.45) is 4.15. The molecule has 184 valence electrons. The number of piperidine rings is 1. The zero-order chi connectivity index (χ0) is 24.3. The molecule has 1 aliphatic carbocycles. The third-order valence-corrected chi connectivity index (χ3v) is 7.42. The van der Waals surface area contributed by atoms with E-state index in [1.807, 2.05) is 24.2 Å². The molecular formula is C24H26F3N7O. The molecule has 1 saturated carbocycles. The largest absolute Gasteiger partial charge is 0.507 e. The molecule has 2 aromatic heterocycles. The molecule has 3 fully saturated rings. The fourth-order valence-electron chi connectivity index (χ4n) is 5.72. The van der Waals surface area contributed by atoms with E-state index in [0.717, 1.165) is 30.4 Å². The summed E-state index contributed by atoms with van der Waals surface area (Å²) >= 11 is 0. The quantitative estimate of drug-likeness (QED) is 0.570. The molecule has 2 saturated heterocycles. The van der Waals surface area contributed by atoms with Crippen LogP contribution < -0.4 is 10.2 Å². The van der Waals surface area contributed by atoms with Crippen molar-refractivity contribution >= 4 is 5.82 Å². The van der Waals surface area contributed by atoms with Crippen molar-refractivity contribution in [2.24, 2.45) is 13.0 Å². The molecule has 0 radical (unpaired) electrons. The van der Waals surface area contributed by atoms with Crippen molar-refractivity contribution in [3.8, 4) is 28.3 Å². The summed E-state index contributed by atoms with van der Waals surface area (Å²) in [6.45, 7) is 0. The number of hydrogen-bond donors (Lipinski definition) is 2. The number of nitrogens with one attached hydrogen (secondary N) is 1. The van der Waals surface area contributed by atoms with Gasteiger partial charge < -0.3 is 15.3 Å². The van der Waals surface area contributed by atoms with Crippen LogP contribution in [0.15, 0.2) is 36.8 Å². The van der Waals surface area contributed by atoms with Gasteiger partial charge in [0.1, 0.15) is 5.75 Å². The van der Waals surface area contributed by atoms with Crippen molar-refractivity contribution in [2.75, 3.05) is 4.90 Å². The molecule has 6 rings (SSSR count). The van der Waals surface area contributed by atoms with E-state index in [1.54, 1.807) is 23.0 Å². The predicted octanol–water partition coefficient (Wildman–Crippen LogP) is 3.68. The lowest BCUT2D eigenvalue weighted by molar-refractivity contribution is -0.191. The van der Waals surface area contributed by atoms with Crippen LogP contribution in [0.3, 0.4) is 0 Å². The van der Waals surface area contributed by atoms with Crippen molar-refractivity contribution in [3.05, 3.63) is 36.8 Å². The first kappa shape index (κ1) is 22.3. The first-order valence-corrected chi connectivity index (χ1v) is 11.9. The number of nitrogens with zero attached hydrogens (tertiary/aromatic N) is 6. The smallest absolute Gasteiger partial charge is 0.395 e. The van der Waals surface area contributed by atoms with Gasteiger partial charge in [0.05, 0.1) is 23.9 Å². The average molecular weight is 486 g/mol. The minimum absolute atomic E-state index is 0.00739. The molecule has 11 heteroatoms. The van der Waals surface area contributed by atoms with E-state index < -0.39 is 24.2 Å². The molecule has 4 atom stereocenters. The van der Waals surface area contributed by atoms with E-state index >= 15 is 0 Å². The number of aryl methyl sites for hydroxylation is 1. The van der Waals surface area contributed by atoms with E-state index in [-0.39, 0.29) is 23.7 Å². The standard InChI is InChI=1S/C24H26F3N7O/c1-33-12-14(10-29-33)13-2-6-17(20(35)8-13)23-28-11-21(31-32-23)34(16-4-5-16)19-9-15-3-7-18(30-15)22(19)24(25,26)27/h2,6,8,10-12,15-16,18-19,22,30,35H,3-5,7,9H2,1H3/t15-,18+,19+,22-/m1/s1. The molecule has 2 bridgehead atoms. The van der Waals surface area contributed by atoms with Crippen LogP contribution in [0.5, 0.6) is 5.75 Å². The molecule has 0 unspecified atom stereocenters. The number of phenolic OH excluding ortho intramolecular Hbond substituents is 1. The van der Waals surface area contributed by atoms with E-state index in [2.05, 4.69) is 25.6 Å². The first-order valence-electron chi connectivity index (χ1n) is 11.9. The summed E-state index contributed by atoms with van der Waals surface area (Å²) < 4.78 is 44.1. The Bertz CT molecular complexity index is 1220. The summed E-state index contributed by atoms with van der Waals surface area (Å²) in [6, 6.07) is 4.02. The van der Waals surface area contributed by atoms with Gasteiger partial charge in [-0.2, -0.15) is 18.3 Å². The van der Waals surface area contributed by atoms with E-state index in [9.17, 15) is 18.3 Å². The maximum atomic E-state index is 14.1. The maximum absolute atomic E-state index is 14.1. The monoisotopic (exact) mass is 485 g/mol. The Hall–Kier alpha value is -3.21. The Morgan fingerprint density at radius 3 is 2.54 bits per heavy atom. The highest BCUT2D eigenvalue weighted by atomic mass is 19.4. The van der Waals surface area contributed by atoms with Gasteiger partial charge in [-0.3, -0.25) is 4.68 Å². The molecule has 0 amide bonds. The van der Waals surface area contributed by atoms with E-state index in [1.165, 1.54) is 6.20 Å². The maximum Gasteiger partial charge on any atom is 0.395 e. The van der Waals surface area contributed by atoms with Gasteiger partial charge in [0.15, 0.2) is 11.6 Å². The van der Waals surface area contributed by atoms with Crippen LogP contribution in [-0.4, -0.2) is 60.4 Å². The number of hydrogen-bond acceptors (Lipinski definition) is 7. The van der Waals surface area contributed by atoms with Crippen LogP contribution in [0.4, 0.5) is 19.0 Å². The second-order valence-electron chi connectivity index (χ2n) is 9.83. The van der Waals surface area contributed by atoms with Gasteiger partial charge in [0.2, 0.25) is 0 Å². The SMILES string of the molecule is Cn1cc(-c2ccc(-c3ncc(N(C4CC4)[C@H]4C[C@H]5CC[C@H](N5)[C@H]4C(F)(F)F)nn3)c(O)c2)cn1. The lowest BCUT2D eigenvalue weighted by atomic mass is 9.85. The summed E-state index contributed by atoms with van der Waals surface area (Å²) in [5.41, 5.74) is 2.06. The number of aromatic nitrogens is 5. The van der Waals surface area contributed by atoms with Crippen LogP contribution in [0.2, 0.25) is 0 Å². The molecule has 4 heterocycles. The predicted molar refractivity (Wildman–Crippen MR) is 123 cm³/mol. The van der Waals surface area contributed by atoms with Gasteiger partial charge in [0.25, 0.3) is 0 Å². The molecule has 1 aromatic carbocycles. The minimum Gasteiger partial charge on any atom is -0.507 e. The van der Waals surface area contributed by atoms with Crippen LogP contribution in [0.1, 0.15) is 32.1 Å². The number of aromatic hydroxyl groups is 1. The second kappa shape index (κ2) is 8.18. The van der Waals surface area contributed by atoms with Crippen LogP contribution >= 0.6 is 0 Å². The minimum atomic E-state index is -4.30. The highest BCUT2D eigenvalue weighted by Crippen LogP contribution is 2.47. The summed E-state index contributed by atoms with van der Waals surface area (Å²) in [4.78, 5) is 6.21. The molecule has 35 heavy (non-hydrogen) atoms. The topological polar surface area (TPSA) is 92.0 Å². The zero-order valence-electron chi connectivity index (χ0n) is 19.2. The lowest BCUT2D eigenvalue weighted by Crippen LogP contribution is -2.60. The number of halogens is 3. The average Bonchev–Trinajstić information content (AvgIpc) is 3.44. The number of rotatable bonds is 5. The second-order valence-corrected chi connectivity index (χ2v) is 9.83. The Morgan fingerprint density at radius 2 is 1.91 bits per heavy atom. The van der Waals surface area contributed by atoms with Crippen LogP contribution in [0.25, 0.3) is 22.5 Å². The fraction of sp³-hybridized carbons (Fsp3) is 0.500. The molecular weight excluding hydrogens is 459 g/mol. The summed E-state index contributed by atoms with van der Waals surface area (Å²) in [5.74, 6) is -0.875. The normalized spacial score (nSPS) is 26.2. The van der Waals surface area contributed by atoms with Crippen LogP contribution in [-0.2, 0) is 7.05 Å². The Labute approximate surface area is 200 Å². The molecule has 2 N–H and O–H groups in total. The Morgan fingerprint density at radius 1 is 1.09 bits per heavy atom. The van der Waals surface area contributed by atoms with Crippen molar-refractivity contribution < 1.29 is 18.3 Å². The van der Waals surface area contributed by atoms with Gasteiger partial charge in [-0.25, -0.2) is 4.98 Å². The Kier molecular flexibility index (Phi) is 5.21. The number of benzene rings is 1. The van der Waals surface area contributed by atoms with E-state index in [0.29, 0.717) is 24.2 Å². The molecule has 8 nitrogen and oxygen atoms in total. The Balaban J connectivity index is 1.29. The van der Waals surface area contributed by atoms with Crippen molar-refractivity contribution in [1.82, 2.24) is 30.3 Å². The highest BCUT2D eigenvalue weighted by molar-refractivity contribution is 5.72. The molecule has 2 aliphatic heterocycles. The van der Waals surface area contributed by atoms with Gasteiger partial charge in [-0.15, -0.1) is 10.2 Å². The number of alkyl halides is 3. The lowest BCUT2D eigenvalue weighted by Gasteiger charge is -2.44. The summed E-state index contributed by atoms with van der Waals surface area (Å²) in [5, 5.41) is 26.4. The third-order valence-electron chi connectivity index (χ3n) is 7.42. The highest BCUT2D eigenvalue weighted by Gasteiger charge is 2.57. The van der Waals surface area contributed by atoms with Crippen LogP contribution in [0, 0.1) is 5.92 Å².